The molecule has 2 heterocycles. The summed E-state index contributed by atoms with van der Waals surface area (Å²) in [4.78, 5) is 101. The Balaban J connectivity index is 1.73. The number of carboxylic acid groups (broad SMARTS) is 1. The Morgan fingerprint density at radius 1 is 0.820 bits per heavy atom. The van der Waals surface area contributed by atoms with Crippen molar-refractivity contribution in [1.82, 2.24) is 41.8 Å². The average Bonchev–Trinajstić information content (AvgIpc) is 3.63. The second-order valence-corrected chi connectivity index (χ2v) is 16.9. The molecule has 8 N–H and O–H groups in total. The molecule has 3 aromatic rings. The number of para-hydroxylation sites is 1. The zero-order valence-corrected chi connectivity index (χ0v) is 36.4. The molecule has 16 heteroatoms. The largest absolute Gasteiger partial charge is 0.480 e. The molecule has 1 aromatic heterocycles. The van der Waals surface area contributed by atoms with Crippen LogP contribution in [0.5, 0.6) is 0 Å². The fourth-order valence-corrected chi connectivity index (χ4v) is 7.49. The van der Waals surface area contributed by atoms with Crippen LogP contribution in [0.4, 0.5) is 4.79 Å². The minimum Gasteiger partial charge on any atom is -0.480 e. The van der Waals surface area contributed by atoms with Gasteiger partial charge in [-0.25, -0.2) is 9.59 Å². The van der Waals surface area contributed by atoms with Gasteiger partial charge in [-0.1, -0.05) is 96.5 Å². The first-order valence-electron chi connectivity index (χ1n) is 21.3. The van der Waals surface area contributed by atoms with Gasteiger partial charge in [0, 0.05) is 43.5 Å². The van der Waals surface area contributed by atoms with Gasteiger partial charge in [0.1, 0.15) is 36.3 Å². The fraction of sp³-hybridized carbons (Fsp3) is 0.533. The van der Waals surface area contributed by atoms with Crippen molar-refractivity contribution >= 4 is 52.4 Å². The van der Waals surface area contributed by atoms with Gasteiger partial charge >= 0.3 is 12.0 Å². The Morgan fingerprint density at radius 2 is 1.49 bits per heavy atom. The van der Waals surface area contributed by atoms with Crippen LogP contribution >= 0.6 is 0 Å². The predicted molar refractivity (Wildman–Crippen MR) is 232 cm³/mol. The number of carbonyl (C=O) groups excluding carboxylic acids is 6. The van der Waals surface area contributed by atoms with Gasteiger partial charge < -0.3 is 46.9 Å². The molecule has 1 fully saturated rings. The Labute approximate surface area is 358 Å². The standard InChI is InChI=1S/C45H64N8O8/c1-8-28(6)38(44(59)60)52-45(61)50-33-20-14-15-21-46-39(54)34(23-29-16-10-9-11-17-29)48-41(56)36(24-30-25-47-32-19-13-12-18-31(30)32)53(7)43(58)35(22-26(2)3)49-42(57)37(27(4)5)51-40(33)55/h9-13,16-19,25-28,33-38,47H,8,14-15,20-24H2,1-7H3,(H,46,54)(H,48,56)(H,49,57)(H,51,55)(H,59,60)(H2,50,52,61)/t28-,33?,34?,35-,36-,37?,38-/m0/s1. The zero-order chi connectivity index (χ0) is 44.8. The second kappa shape index (κ2) is 22.6. The number of amides is 7. The molecule has 0 saturated carbocycles. The van der Waals surface area contributed by atoms with E-state index >= 15 is 0 Å². The summed E-state index contributed by atoms with van der Waals surface area (Å²) in [6.07, 6.45) is 3.54. The molecule has 3 unspecified atom stereocenters. The smallest absolute Gasteiger partial charge is 0.326 e. The van der Waals surface area contributed by atoms with E-state index in [4.69, 9.17) is 0 Å². The molecule has 332 valence electrons. The summed E-state index contributed by atoms with van der Waals surface area (Å²) >= 11 is 0. The van der Waals surface area contributed by atoms with Crippen LogP contribution in [0.3, 0.4) is 0 Å². The summed E-state index contributed by atoms with van der Waals surface area (Å²) in [5, 5.41) is 27.2. The van der Waals surface area contributed by atoms with Gasteiger partial charge in [0.05, 0.1) is 0 Å². The lowest BCUT2D eigenvalue weighted by molar-refractivity contribution is -0.143. The average molecular weight is 845 g/mol. The summed E-state index contributed by atoms with van der Waals surface area (Å²) in [6.45, 7) is 10.9. The first kappa shape index (κ1) is 47.7. The molecule has 7 amide bonds. The molecule has 1 saturated heterocycles. The van der Waals surface area contributed by atoms with Gasteiger partial charge in [-0.15, -0.1) is 0 Å². The molecule has 1 aliphatic rings. The highest BCUT2D eigenvalue weighted by molar-refractivity contribution is 5.97. The van der Waals surface area contributed by atoms with E-state index in [0.29, 0.717) is 19.3 Å². The Hall–Kier alpha value is -5.93. The van der Waals surface area contributed by atoms with Crippen molar-refractivity contribution in [1.29, 1.82) is 0 Å². The number of carbonyl (C=O) groups is 7. The number of aromatic amines is 1. The summed E-state index contributed by atoms with van der Waals surface area (Å²) in [7, 11) is 1.51. The van der Waals surface area contributed by atoms with Gasteiger partial charge in [0.15, 0.2) is 0 Å². The summed E-state index contributed by atoms with van der Waals surface area (Å²) in [5.74, 6) is -5.00. The Bertz CT molecular complexity index is 1980. The number of likely N-dealkylation sites (N-methyl/N-ethyl adjacent to an activating group) is 1. The number of carboxylic acids is 1. The van der Waals surface area contributed by atoms with Crippen molar-refractivity contribution in [2.24, 2.45) is 17.8 Å². The summed E-state index contributed by atoms with van der Waals surface area (Å²) in [6, 6.07) is 9.21. The van der Waals surface area contributed by atoms with Crippen LogP contribution < -0.4 is 31.9 Å². The van der Waals surface area contributed by atoms with Crippen molar-refractivity contribution in [3.05, 3.63) is 71.9 Å². The van der Waals surface area contributed by atoms with Gasteiger partial charge in [-0.3, -0.25) is 24.0 Å². The van der Waals surface area contributed by atoms with Crippen LogP contribution in [-0.4, -0.2) is 106 Å². The molecule has 0 bridgehead atoms. The lowest BCUT2D eigenvalue weighted by Gasteiger charge is -2.33. The summed E-state index contributed by atoms with van der Waals surface area (Å²) in [5.41, 5.74) is 2.43. The highest BCUT2D eigenvalue weighted by Gasteiger charge is 2.37. The molecular weight excluding hydrogens is 781 g/mol. The first-order valence-corrected chi connectivity index (χ1v) is 21.3. The molecule has 61 heavy (non-hydrogen) atoms. The maximum atomic E-state index is 14.6. The van der Waals surface area contributed by atoms with Gasteiger partial charge in [-0.2, -0.15) is 0 Å². The van der Waals surface area contributed by atoms with Gasteiger partial charge in [0.25, 0.3) is 0 Å². The number of hydrogen-bond acceptors (Lipinski definition) is 7. The number of nitrogens with one attached hydrogen (secondary N) is 7. The molecule has 1 aliphatic heterocycles. The van der Waals surface area contributed by atoms with E-state index in [-0.39, 0.29) is 38.1 Å². The lowest BCUT2D eigenvalue weighted by Crippen LogP contribution is -2.61. The van der Waals surface area contributed by atoms with E-state index in [2.05, 4.69) is 36.9 Å². The van der Waals surface area contributed by atoms with E-state index in [0.717, 1.165) is 22.0 Å². The zero-order valence-electron chi connectivity index (χ0n) is 36.4. The maximum absolute atomic E-state index is 14.6. The highest BCUT2D eigenvalue weighted by Crippen LogP contribution is 2.22. The molecule has 16 nitrogen and oxygen atoms in total. The van der Waals surface area contributed by atoms with Crippen LogP contribution in [0.15, 0.2) is 60.8 Å². The van der Waals surface area contributed by atoms with Crippen molar-refractivity contribution in [3.8, 4) is 0 Å². The van der Waals surface area contributed by atoms with Crippen molar-refractivity contribution in [3.63, 3.8) is 0 Å². The van der Waals surface area contributed by atoms with Crippen LogP contribution in [-0.2, 0) is 41.6 Å². The molecule has 0 spiro atoms. The lowest BCUT2D eigenvalue weighted by atomic mass is 9.97. The normalized spacial score (nSPS) is 22.5. The van der Waals surface area contributed by atoms with E-state index in [1.54, 1.807) is 33.9 Å². The number of fused-ring (bicyclic) bond motifs is 1. The number of H-pyrrole nitrogens is 1. The highest BCUT2D eigenvalue weighted by atomic mass is 16.4. The van der Waals surface area contributed by atoms with Crippen LogP contribution in [0.2, 0.25) is 0 Å². The molecule has 4 rings (SSSR count). The number of nitrogens with zero attached hydrogens (tertiary/aromatic N) is 1. The van der Waals surface area contributed by atoms with Crippen LogP contribution in [0.1, 0.15) is 84.8 Å². The van der Waals surface area contributed by atoms with E-state index in [1.807, 2.05) is 68.4 Å². The topological polar surface area (TPSA) is 231 Å². The SMILES string of the molecule is CC[C@H](C)[C@H](NC(=O)NC1CCCCNC(=O)C(Cc2ccccc2)NC(=O)[C@H](Cc2c[nH]c3ccccc23)N(C)C(=O)[C@H](CC(C)C)NC(=O)C(C(C)C)NC1=O)C(=O)O. The number of aliphatic carboxylic acids is 1. The minimum absolute atomic E-state index is 0.0756. The molecule has 2 aromatic carbocycles. The maximum Gasteiger partial charge on any atom is 0.326 e. The van der Waals surface area contributed by atoms with Gasteiger partial charge in [-0.05, 0) is 60.6 Å². The fourth-order valence-electron chi connectivity index (χ4n) is 7.49. The monoisotopic (exact) mass is 844 g/mol. The number of aromatic nitrogens is 1. The number of benzene rings is 2. The Morgan fingerprint density at radius 3 is 2.15 bits per heavy atom. The third kappa shape index (κ3) is 13.5. The molecular formula is C45H64N8O8. The van der Waals surface area contributed by atoms with E-state index < -0.39 is 89.6 Å². The van der Waals surface area contributed by atoms with Crippen LogP contribution in [0.25, 0.3) is 10.9 Å². The van der Waals surface area contributed by atoms with Crippen LogP contribution in [0, 0.1) is 17.8 Å². The molecule has 0 aliphatic carbocycles. The predicted octanol–water partition coefficient (Wildman–Crippen LogP) is 3.40. The number of rotatable bonds is 12. The minimum atomic E-state index is -1.22. The quantitative estimate of drug-likeness (QED) is 0.134. The van der Waals surface area contributed by atoms with E-state index in [9.17, 15) is 38.7 Å². The number of hydrogen-bond donors (Lipinski definition) is 8. The Kier molecular flexibility index (Phi) is 17.7. The third-order valence-electron chi connectivity index (χ3n) is 11.3. The van der Waals surface area contributed by atoms with Crippen molar-refractivity contribution in [2.75, 3.05) is 13.6 Å². The molecule has 7 atom stereocenters. The number of urea groups is 1. The second-order valence-electron chi connectivity index (χ2n) is 16.9. The van der Waals surface area contributed by atoms with E-state index in [1.165, 1.54) is 11.9 Å². The van der Waals surface area contributed by atoms with Crippen molar-refractivity contribution in [2.45, 2.75) is 123 Å². The molecule has 0 radical (unpaired) electrons. The third-order valence-corrected chi connectivity index (χ3v) is 11.3. The van der Waals surface area contributed by atoms with Crippen molar-refractivity contribution < 1.29 is 38.7 Å². The summed E-state index contributed by atoms with van der Waals surface area (Å²) < 4.78 is 0. The van der Waals surface area contributed by atoms with Gasteiger partial charge in [0.2, 0.25) is 29.5 Å². The first-order chi connectivity index (χ1) is 29.0.